The van der Waals surface area contributed by atoms with Crippen LogP contribution >= 0.6 is 11.3 Å². The number of rotatable bonds is 5. The van der Waals surface area contributed by atoms with Crippen molar-refractivity contribution in [3.63, 3.8) is 0 Å². The number of hydrogen-bond acceptors (Lipinski definition) is 4. The zero-order valence-corrected chi connectivity index (χ0v) is 11.9. The van der Waals surface area contributed by atoms with E-state index in [-0.39, 0.29) is 12.0 Å². The number of carbonyl (C=O) groups excluding carboxylic acids is 1. The van der Waals surface area contributed by atoms with Crippen LogP contribution in [0.25, 0.3) is 0 Å². The van der Waals surface area contributed by atoms with Crippen molar-refractivity contribution >= 4 is 17.3 Å². The minimum atomic E-state index is -0.291. The maximum atomic E-state index is 11.7. The van der Waals surface area contributed by atoms with Gasteiger partial charge in [0, 0.05) is 12.6 Å². The van der Waals surface area contributed by atoms with Gasteiger partial charge in [0.2, 0.25) is 0 Å². The lowest BCUT2D eigenvalue weighted by molar-refractivity contribution is 0.0599. The molecular weight excluding hydrogens is 258 g/mol. The van der Waals surface area contributed by atoms with Crippen LogP contribution in [0.3, 0.4) is 0 Å². The predicted molar refractivity (Wildman–Crippen MR) is 77.4 cm³/mol. The first-order valence-corrected chi connectivity index (χ1v) is 7.08. The van der Waals surface area contributed by atoms with Gasteiger partial charge < -0.3 is 10.1 Å². The van der Waals surface area contributed by atoms with Crippen LogP contribution in [-0.4, -0.2) is 13.1 Å². The Hall–Kier alpha value is -1.65. The predicted octanol–water partition coefficient (Wildman–Crippen LogP) is 3.39. The number of methoxy groups -OCH3 is 1. The molecule has 0 fully saturated rings. The maximum absolute atomic E-state index is 11.7. The summed E-state index contributed by atoms with van der Waals surface area (Å²) < 4.78 is 4.79. The first kappa shape index (κ1) is 13.8. The molecule has 1 aromatic carbocycles. The fourth-order valence-corrected chi connectivity index (χ4v) is 2.64. The van der Waals surface area contributed by atoms with Crippen LogP contribution in [0, 0.1) is 0 Å². The van der Waals surface area contributed by atoms with E-state index in [1.807, 2.05) is 18.2 Å². The van der Waals surface area contributed by atoms with Crippen molar-refractivity contribution < 1.29 is 9.53 Å². The van der Waals surface area contributed by atoms with Crippen LogP contribution in [0.5, 0.6) is 0 Å². The molecule has 0 radical (unpaired) electrons. The summed E-state index contributed by atoms with van der Waals surface area (Å²) >= 11 is 1.69. The fourth-order valence-electron chi connectivity index (χ4n) is 1.89. The molecule has 1 N–H and O–H groups in total. The van der Waals surface area contributed by atoms with Crippen LogP contribution < -0.4 is 5.32 Å². The normalized spacial score (nSPS) is 12.1. The molecule has 2 aromatic rings. The summed E-state index contributed by atoms with van der Waals surface area (Å²) in [5.74, 6) is -0.291. The van der Waals surface area contributed by atoms with Crippen LogP contribution in [-0.2, 0) is 11.3 Å². The number of ether oxygens (including phenoxy) is 1. The van der Waals surface area contributed by atoms with Crippen molar-refractivity contribution in [2.24, 2.45) is 0 Å². The molecule has 1 heterocycles. The smallest absolute Gasteiger partial charge is 0.338 e. The Balaban J connectivity index is 2.05. The van der Waals surface area contributed by atoms with Crippen molar-refractivity contribution in [1.29, 1.82) is 0 Å². The summed E-state index contributed by atoms with van der Waals surface area (Å²) in [4.78, 5) is 11.7. The number of benzene rings is 1. The molecule has 0 aliphatic rings. The van der Waals surface area contributed by atoms with Gasteiger partial charge in [0.25, 0.3) is 0 Å². The molecule has 19 heavy (non-hydrogen) atoms. The van der Waals surface area contributed by atoms with Crippen molar-refractivity contribution in [3.05, 3.63) is 57.8 Å². The van der Waals surface area contributed by atoms with Gasteiger partial charge >= 0.3 is 5.97 Å². The molecule has 0 bridgehead atoms. The van der Waals surface area contributed by atoms with Gasteiger partial charge in [-0.15, -0.1) is 0 Å². The van der Waals surface area contributed by atoms with Crippen LogP contribution in [0.15, 0.2) is 41.1 Å². The van der Waals surface area contributed by atoms with E-state index in [0.717, 1.165) is 5.56 Å². The largest absolute Gasteiger partial charge is 0.465 e. The lowest BCUT2D eigenvalue weighted by Gasteiger charge is -2.14. The van der Waals surface area contributed by atoms with Gasteiger partial charge in [0.05, 0.1) is 12.7 Å². The average molecular weight is 275 g/mol. The highest BCUT2D eigenvalue weighted by atomic mass is 32.1. The monoisotopic (exact) mass is 275 g/mol. The van der Waals surface area contributed by atoms with E-state index in [1.54, 1.807) is 17.4 Å². The fraction of sp³-hybridized carbons (Fsp3) is 0.267. The van der Waals surface area contributed by atoms with E-state index in [1.165, 1.54) is 12.7 Å². The van der Waals surface area contributed by atoms with Crippen molar-refractivity contribution in [3.8, 4) is 0 Å². The highest BCUT2D eigenvalue weighted by Gasteiger charge is 2.12. The molecule has 1 aromatic heterocycles. The number of nitrogens with one attached hydrogen (secondary N) is 1. The molecule has 1 atom stereocenters. The van der Waals surface area contributed by atoms with Gasteiger partial charge in [0.1, 0.15) is 0 Å². The average Bonchev–Trinajstić information content (AvgIpc) is 2.98. The van der Waals surface area contributed by atoms with E-state index < -0.39 is 0 Å². The molecule has 0 aliphatic heterocycles. The number of thiophene rings is 1. The van der Waals surface area contributed by atoms with Gasteiger partial charge in [-0.2, -0.15) is 11.3 Å². The third-order valence-corrected chi connectivity index (χ3v) is 3.77. The van der Waals surface area contributed by atoms with E-state index in [2.05, 4.69) is 29.1 Å². The Labute approximate surface area is 117 Å². The Morgan fingerprint density at radius 3 is 2.84 bits per heavy atom. The van der Waals surface area contributed by atoms with Gasteiger partial charge in [-0.05, 0) is 40.9 Å². The molecule has 0 spiro atoms. The minimum absolute atomic E-state index is 0.261. The third-order valence-electron chi connectivity index (χ3n) is 3.06. The second-order valence-corrected chi connectivity index (χ2v) is 5.09. The topological polar surface area (TPSA) is 38.3 Å². The Kier molecular flexibility index (Phi) is 4.71. The summed E-state index contributed by atoms with van der Waals surface area (Å²) in [5, 5.41) is 7.61. The summed E-state index contributed by atoms with van der Waals surface area (Å²) in [6.45, 7) is 2.76. The molecule has 3 nitrogen and oxygen atoms in total. The van der Waals surface area contributed by atoms with Crippen LogP contribution in [0.4, 0.5) is 0 Å². The second-order valence-electron chi connectivity index (χ2n) is 4.31. The van der Waals surface area contributed by atoms with E-state index in [0.29, 0.717) is 12.1 Å². The van der Waals surface area contributed by atoms with E-state index in [4.69, 9.17) is 4.74 Å². The lowest BCUT2D eigenvalue weighted by atomic mass is 10.1. The number of hydrogen-bond donors (Lipinski definition) is 1. The molecule has 2 rings (SSSR count). The summed E-state index contributed by atoms with van der Waals surface area (Å²) in [6.07, 6.45) is 0. The van der Waals surface area contributed by atoms with Gasteiger partial charge in [-0.3, -0.25) is 0 Å². The SMILES string of the molecule is COC(=O)c1ccccc1CNC(C)c1ccsc1. The van der Waals surface area contributed by atoms with Gasteiger partial charge in [0.15, 0.2) is 0 Å². The zero-order valence-electron chi connectivity index (χ0n) is 11.1. The highest BCUT2D eigenvalue weighted by molar-refractivity contribution is 7.07. The molecule has 1 unspecified atom stereocenters. The minimum Gasteiger partial charge on any atom is -0.465 e. The van der Waals surface area contributed by atoms with Crippen molar-refractivity contribution in [1.82, 2.24) is 5.32 Å². The molecule has 0 aliphatic carbocycles. The lowest BCUT2D eigenvalue weighted by Crippen LogP contribution is -2.19. The van der Waals surface area contributed by atoms with Crippen LogP contribution in [0.2, 0.25) is 0 Å². The Bertz CT molecular complexity index is 537. The van der Waals surface area contributed by atoms with Crippen LogP contribution in [0.1, 0.15) is 34.5 Å². The molecule has 0 saturated carbocycles. The van der Waals surface area contributed by atoms with E-state index >= 15 is 0 Å². The van der Waals surface area contributed by atoms with Gasteiger partial charge in [-0.1, -0.05) is 18.2 Å². The molecule has 100 valence electrons. The summed E-state index contributed by atoms with van der Waals surface area (Å²) in [7, 11) is 1.40. The standard InChI is InChI=1S/C15H17NO2S/c1-11(13-7-8-19-10-13)16-9-12-5-3-4-6-14(12)15(17)18-2/h3-8,10-11,16H,9H2,1-2H3. The molecule has 0 amide bonds. The maximum Gasteiger partial charge on any atom is 0.338 e. The third kappa shape index (κ3) is 3.43. The molecule has 0 saturated heterocycles. The first-order chi connectivity index (χ1) is 9.22. The summed E-state index contributed by atoms with van der Waals surface area (Å²) in [6, 6.07) is 9.88. The molecule has 4 heteroatoms. The molecular formula is C15H17NO2S. The Morgan fingerprint density at radius 2 is 2.16 bits per heavy atom. The highest BCUT2D eigenvalue weighted by Crippen LogP contribution is 2.17. The number of carbonyl (C=O) groups is 1. The Morgan fingerprint density at radius 1 is 1.37 bits per heavy atom. The van der Waals surface area contributed by atoms with E-state index in [9.17, 15) is 4.79 Å². The quantitative estimate of drug-likeness (QED) is 0.850. The summed E-state index contributed by atoms with van der Waals surface area (Å²) in [5.41, 5.74) is 2.84. The van der Waals surface area contributed by atoms with Crippen molar-refractivity contribution in [2.75, 3.05) is 7.11 Å². The van der Waals surface area contributed by atoms with Crippen molar-refractivity contribution in [2.45, 2.75) is 19.5 Å². The second kappa shape index (κ2) is 6.50. The first-order valence-electron chi connectivity index (χ1n) is 6.14. The van der Waals surface area contributed by atoms with Gasteiger partial charge in [-0.25, -0.2) is 4.79 Å². The number of esters is 1. The zero-order chi connectivity index (χ0) is 13.7.